The second-order valence-electron chi connectivity index (χ2n) is 7.55. The van der Waals surface area contributed by atoms with Crippen LogP contribution in [-0.2, 0) is 0 Å². The number of benzene rings is 3. The van der Waals surface area contributed by atoms with Gasteiger partial charge in [0.15, 0.2) is 5.76 Å². The normalized spacial score (nSPS) is 11.4. The van der Waals surface area contributed by atoms with Gasteiger partial charge in [0.2, 0.25) is 0 Å². The molecule has 3 aromatic carbocycles. The number of furan rings is 2. The third-order valence-corrected chi connectivity index (χ3v) is 5.38. The van der Waals surface area contributed by atoms with E-state index in [0.29, 0.717) is 22.7 Å². The number of carbonyl (C=O) groups excluding carboxylic acids is 1. The number of carboxylic acids is 1. The van der Waals surface area contributed by atoms with Gasteiger partial charge in [-0.15, -0.1) is 0 Å². The average Bonchev–Trinajstić information content (AvgIpc) is 3.46. The van der Waals surface area contributed by atoms with Crippen LogP contribution in [0.3, 0.4) is 0 Å². The van der Waals surface area contributed by atoms with E-state index in [1.165, 1.54) is 6.21 Å². The molecule has 0 spiro atoms. The predicted octanol–water partition coefficient (Wildman–Crippen LogP) is 5.62. The highest BCUT2D eigenvalue weighted by Gasteiger charge is 2.14. The highest BCUT2D eigenvalue weighted by molar-refractivity contribution is 6.08. The Kier molecular flexibility index (Phi) is 4.99. The molecule has 0 bridgehead atoms. The van der Waals surface area contributed by atoms with E-state index in [0.717, 1.165) is 21.7 Å². The van der Waals surface area contributed by atoms with E-state index in [1.54, 1.807) is 36.4 Å². The number of carbonyl (C=O) groups is 2. The number of hydrogen-bond donors (Lipinski definition) is 2. The van der Waals surface area contributed by atoms with E-state index in [9.17, 15) is 14.7 Å². The minimum absolute atomic E-state index is 0.153. The van der Waals surface area contributed by atoms with E-state index in [2.05, 4.69) is 10.5 Å². The first-order valence-corrected chi connectivity index (χ1v) is 10.2. The topological polar surface area (TPSA) is 105 Å². The number of hydrazone groups is 1. The Morgan fingerprint density at radius 3 is 2.64 bits per heavy atom. The van der Waals surface area contributed by atoms with Gasteiger partial charge in [-0.25, -0.2) is 10.2 Å². The van der Waals surface area contributed by atoms with Gasteiger partial charge in [-0.3, -0.25) is 4.79 Å². The van der Waals surface area contributed by atoms with E-state index in [1.807, 2.05) is 43.3 Å². The molecule has 7 heteroatoms. The van der Waals surface area contributed by atoms with E-state index < -0.39 is 11.9 Å². The van der Waals surface area contributed by atoms with Crippen molar-refractivity contribution in [3.8, 4) is 11.3 Å². The fourth-order valence-corrected chi connectivity index (χ4v) is 3.70. The molecular formula is C26H18N2O5. The summed E-state index contributed by atoms with van der Waals surface area (Å²) in [7, 11) is 0. The Bertz CT molecular complexity index is 1560. The van der Waals surface area contributed by atoms with Crippen molar-refractivity contribution in [2.45, 2.75) is 6.92 Å². The molecule has 0 saturated carbocycles. The Labute approximate surface area is 187 Å². The van der Waals surface area contributed by atoms with Crippen LogP contribution >= 0.6 is 0 Å². The number of hydrogen-bond acceptors (Lipinski definition) is 5. The minimum atomic E-state index is -1.01. The van der Waals surface area contributed by atoms with Crippen LogP contribution in [0.5, 0.6) is 0 Å². The first kappa shape index (κ1) is 20.3. The molecular weight excluding hydrogens is 420 g/mol. The van der Waals surface area contributed by atoms with Crippen LogP contribution in [0.25, 0.3) is 33.1 Å². The third-order valence-electron chi connectivity index (χ3n) is 5.38. The zero-order valence-corrected chi connectivity index (χ0v) is 17.5. The zero-order valence-electron chi connectivity index (χ0n) is 17.5. The lowest BCUT2D eigenvalue weighted by Crippen LogP contribution is -2.16. The fourth-order valence-electron chi connectivity index (χ4n) is 3.70. The smallest absolute Gasteiger partial charge is 0.335 e. The molecule has 162 valence electrons. The summed E-state index contributed by atoms with van der Waals surface area (Å²) in [4.78, 5) is 23.8. The summed E-state index contributed by atoms with van der Waals surface area (Å²) < 4.78 is 11.4. The summed E-state index contributed by atoms with van der Waals surface area (Å²) in [5.41, 5.74) is 4.79. The molecule has 5 aromatic rings. The molecule has 0 aliphatic carbocycles. The fraction of sp³-hybridized carbons (Fsp3) is 0.0385. The Morgan fingerprint density at radius 2 is 1.79 bits per heavy atom. The van der Waals surface area contributed by atoms with Crippen molar-refractivity contribution in [1.82, 2.24) is 5.43 Å². The van der Waals surface area contributed by atoms with Gasteiger partial charge >= 0.3 is 11.9 Å². The molecule has 0 aliphatic heterocycles. The molecule has 0 atom stereocenters. The lowest BCUT2D eigenvalue weighted by Gasteiger charge is -2.04. The number of rotatable bonds is 5. The molecule has 2 N–H and O–H groups in total. The number of fused-ring (bicyclic) bond motifs is 3. The second-order valence-corrected chi connectivity index (χ2v) is 7.55. The summed E-state index contributed by atoms with van der Waals surface area (Å²) in [5.74, 6) is -0.428. The van der Waals surface area contributed by atoms with Crippen LogP contribution in [0.2, 0.25) is 0 Å². The van der Waals surface area contributed by atoms with Gasteiger partial charge in [0.1, 0.15) is 17.1 Å². The van der Waals surface area contributed by atoms with Gasteiger partial charge in [-0.1, -0.05) is 36.4 Å². The molecule has 7 nitrogen and oxygen atoms in total. The molecule has 33 heavy (non-hydrogen) atoms. The summed E-state index contributed by atoms with van der Waals surface area (Å²) in [6.07, 6.45) is 1.37. The standard InChI is InChI=1S/C26H18N2O5/c1-15-6-7-17(26(30)31)12-20(15)22-11-9-18(32-22)14-27-28-25(29)24-13-21-19-5-3-2-4-16(19)8-10-23(21)33-24/h2-14H,1H3,(H,28,29)(H,30,31)/b27-14-. The van der Waals surface area contributed by atoms with Crippen molar-refractivity contribution in [2.75, 3.05) is 0 Å². The Balaban J connectivity index is 1.33. The van der Waals surface area contributed by atoms with Crippen LogP contribution in [0.15, 0.2) is 86.7 Å². The first-order chi connectivity index (χ1) is 16.0. The van der Waals surface area contributed by atoms with Gasteiger partial charge in [-0.2, -0.15) is 5.10 Å². The predicted molar refractivity (Wildman–Crippen MR) is 125 cm³/mol. The van der Waals surface area contributed by atoms with Crippen LogP contribution in [-0.4, -0.2) is 23.2 Å². The largest absolute Gasteiger partial charge is 0.478 e. The van der Waals surface area contributed by atoms with Gasteiger partial charge in [0.05, 0.1) is 11.8 Å². The van der Waals surface area contributed by atoms with Gasteiger partial charge in [-0.05, 0) is 59.7 Å². The van der Waals surface area contributed by atoms with Crippen LogP contribution in [0, 0.1) is 6.92 Å². The number of carboxylic acid groups (broad SMARTS) is 1. The number of amides is 1. The Morgan fingerprint density at radius 1 is 0.939 bits per heavy atom. The van der Waals surface area contributed by atoms with Gasteiger partial charge < -0.3 is 13.9 Å². The van der Waals surface area contributed by atoms with Crippen molar-refractivity contribution >= 4 is 39.8 Å². The van der Waals surface area contributed by atoms with Crippen molar-refractivity contribution in [3.05, 3.63) is 95.4 Å². The lowest BCUT2D eigenvalue weighted by atomic mass is 10.0. The van der Waals surface area contributed by atoms with E-state index in [4.69, 9.17) is 8.83 Å². The molecule has 2 aromatic heterocycles. The van der Waals surface area contributed by atoms with Crippen LogP contribution in [0.1, 0.15) is 32.2 Å². The monoisotopic (exact) mass is 438 g/mol. The summed E-state index contributed by atoms with van der Waals surface area (Å²) in [6.45, 7) is 1.87. The van der Waals surface area contributed by atoms with Crippen molar-refractivity contribution in [1.29, 1.82) is 0 Å². The molecule has 0 saturated heterocycles. The number of aryl methyl sites for hydroxylation is 1. The highest BCUT2D eigenvalue weighted by Crippen LogP contribution is 2.28. The molecule has 5 rings (SSSR count). The summed E-state index contributed by atoms with van der Waals surface area (Å²) in [6, 6.07) is 21.6. The second kappa shape index (κ2) is 8.12. The van der Waals surface area contributed by atoms with E-state index in [-0.39, 0.29) is 11.3 Å². The van der Waals surface area contributed by atoms with Gasteiger partial charge in [0, 0.05) is 10.9 Å². The minimum Gasteiger partial charge on any atom is -0.478 e. The van der Waals surface area contributed by atoms with Gasteiger partial charge in [0.25, 0.3) is 0 Å². The molecule has 0 fully saturated rings. The van der Waals surface area contributed by atoms with Crippen LogP contribution < -0.4 is 5.43 Å². The van der Waals surface area contributed by atoms with Crippen LogP contribution in [0.4, 0.5) is 0 Å². The maximum absolute atomic E-state index is 12.5. The van der Waals surface area contributed by atoms with Crippen molar-refractivity contribution in [2.24, 2.45) is 5.10 Å². The zero-order chi connectivity index (χ0) is 22.9. The molecule has 0 aliphatic rings. The third kappa shape index (κ3) is 3.87. The molecule has 0 radical (unpaired) electrons. The van der Waals surface area contributed by atoms with Crippen molar-refractivity contribution in [3.63, 3.8) is 0 Å². The Hall–Kier alpha value is -4.65. The first-order valence-electron chi connectivity index (χ1n) is 10.2. The van der Waals surface area contributed by atoms with Crippen molar-refractivity contribution < 1.29 is 23.5 Å². The SMILES string of the molecule is Cc1ccc(C(=O)O)cc1-c1ccc(/C=N\NC(=O)c2cc3c(ccc4ccccc43)o2)o1. The summed E-state index contributed by atoms with van der Waals surface area (Å²) >= 11 is 0. The molecule has 2 heterocycles. The quantitative estimate of drug-likeness (QED) is 0.274. The number of nitrogens with one attached hydrogen (secondary N) is 1. The molecule has 1 amide bonds. The van der Waals surface area contributed by atoms with E-state index >= 15 is 0 Å². The maximum atomic E-state index is 12.5. The highest BCUT2D eigenvalue weighted by atomic mass is 16.4. The summed E-state index contributed by atoms with van der Waals surface area (Å²) in [5, 5.41) is 16.1. The number of aromatic carboxylic acids is 1. The molecule has 0 unspecified atom stereocenters. The number of nitrogens with zero attached hydrogens (tertiary/aromatic N) is 1. The average molecular weight is 438 g/mol. The maximum Gasteiger partial charge on any atom is 0.335 e. The lowest BCUT2D eigenvalue weighted by molar-refractivity contribution is 0.0696.